The number of nitriles is 1. The average Bonchev–Trinajstić information content (AvgIpc) is 3.26. The van der Waals surface area contributed by atoms with Crippen molar-refractivity contribution in [1.82, 2.24) is 14.5 Å². The van der Waals surface area contributed by atoms with E-state index in [4.69, 9.17) is 0 Å². The summed E-state index contributed by atoms with van der Waals surface area (Å²) in [4.78, 5) is 7.31. The predicted molar refractivity (Wildman–Crippen MR) is 95.3 cm³/mol. The fourth-order valence-corrected chi connectivity index (χ4v) is 2.76. The van der Waals surface area contributed by atoms with Gasteiger partial charge < -0.3 is 9.55 Å². The van der Waals surface area contributed by atoms with Crippen molar-refractivity contribution in [2.45, 2.75) is 0 Å². The van der Waals surface area contributed by atoms with E-state index in [0.29, 0.717) is 22.4 Å². The van der Waals surface area contributed by atoms with Gasteiger partial charge in [0.1, 0.15) is 23.5 Å². The molecule has 4 rings (SSSR count). The van der Waals surface area contributed by atoms with Crippen molar-refractivity contribution >= 4 is 22.7 Å². The number of aromatic amines is 1. The number of nitrogens with one attached hydrogen (secondary N) is 1. The normalized spacial score (nSPS) is 11.7. The smallest absolute Gasteiger partial charge is 0.149 e. The summed E-state index contributed by atoms with van der Waals surface area (Å²) < 4.78 is 28.3. The number of H-pyrrole nitrogens is 1. The number of benzene rings is 2. The van der Waals surface area contributed by atoms with Gasteiger partial charge in [0.15, 0.2) is 0 Å². The molecule has 0 aliphatic heterocycles. The number of fused-ring (bicyclic) bond motifs is 1. The number of aromatic nitrogens is 3. The largest absolute Gasteiger partial charge is 0.337 e. The van der Waals surface area contributed by atoms with Gasteiger partial charge in [0, 0.05) is 17.6 Å². The zero-order valence-electron chi connectivity index (χ0n) is 13.4. The van der Waals surface area contributed by atoms with Crippen molar-refractivity contribution in [3.8, 4) is 11.8 Å². The van der Waals surface area contributed by atoms with Gasteiger partial charge >= 0.3 is 0 Å². The molecule has 4 nitrogen and oxygen atoms in total. The molecule has 0 spiro atoms. The van der Waals surface area contributed by atoms with Crippen LogP contribution in [0.1, 0.15) is 11.5 Å². The Bertz CT molecular complexity index is 1160. The SMILES string of the molecule is N#C/C(=C/c1cccn1-c1ccc(F)cc1)c1nc2ccc(F)cc2[nH]1. The maximum atomic E-state index is 13.3. The third-order valence-electron chi connectivity index (χ3n) is 4.00. The molecule has 0 saturated carbocycles. The van der Waals surface area contributed by atoms with E-state index in [1.165, 1.54) is 24.3 Å². The molecule has 0 unspecified atom stereocenters. The molecule has 4 aromatic rings. The molecule has 2 aromatic heterocycles. The predicted octanol–water partition coefficient (Wildman–Crippen LogP) is 4.70. The second kappa shape index (κ2) is 6.30. The first-order valence-corrected chi connectivity index (χ1v) is 7.85. The summed E-state index contributed by atoms with van der Waals surface area (Å²) in [5, 5.41) is 9.54. The number of imidazole rings is 1. The van der Waals surface area contributed by atoms with E-state index < -0.39 is 0 Å². The van der Waals surface area contributed by atoms with Crippen molar-refractivity contribution in [1.29, 1.82) is 5.26 Å². The molecule has 0 radical (unpaired) electrons. The molecule has 0 aliphatic rings. The first-order chi connectivity index (χ1) is 12.6. The Labute approximate surface area is 147 Å². The zero-order chi connectivity index (χ0) is 18.1. The van der Waals surface area contributed by atoms with Gasteiger partial charge in [-0.15, -0.1) is 0 Å². The monoisotopic (exact) mass is 346 g/mol. The number of rotatable bonds is 3. The molecular weight excluding hydrogens is 334 g/mol. The summed E-state index contributed by atoms with van der Waals surface area (Å²) in [7, 11) is 0. The summed E-state index contributed by atoms with van der Waals surface area (Å²) in [6.45, 7) is 0. The molecule has 0 aliphatic carbocycles. The third-order valence-corrected chi connectivity index (χ3v) is 4.00. The fourth-order valence-electron chi connectivity index (χ4n) is 2.76. The fraction of sp³-hybridized carbons (Fsp3) is 0. The maximum Gasteiger partial charge on any atom is 0.149 e. The Morgan fingerprint density at radius 3 is 2.62 bits per heavy atom. The lowest BCUT2D eigenvalue weighted by molar-refractivity contribution is 0.627. The Kier molecular flexibility index (Phi) is 3.82. The number of hydrogen-bond acceptors (Lipinski definition) is 2. The number of nitrogens with zero attached hydrogens (tertiary/aromatic N) is 3. The van der Waals surface area contributed by atoms with Crippen LogP contribution >= 0.6 is 0 Å². The summed E-state index contributed by atoms with van der Waals surface area (Å²) in [6, 6.07) is 16.1. The number of allylic oxidation sites excluding steroid dienone is 1. The van der Waals surface area contributed by atoms with Gasteiger partial charge in [-0.1, -0.05) is 0 Å². The van der Waals surface area contributed by atoms with Crippen LogP contribution in [0.3, 0.4) is 0 Å². The van der Waals surface area contributed by atoms with Crippen LogP contribution in [0.2, 0.25) is 0 Å². The molecule has 1 N–H and O–H groups in total. The molecule has 0 atom stereocenters. The van der Waals surface area contributed by atoms with Gasteiger partial charge in [0.05, 0.1) is 16.6 Å². The van der Waals surface area contributed by atoms with Gasteiger partial charge in [0.25, 0.3) is 0 Å². The molecular formula is C20H12F2N4. The molecule has 0 fully saturated rings. The first kappa shape index (κ1) is 15.8. The van der Waals surface area contributed by atoms with Gasteiger partial charge in [-0.05, 0) is 60.7 Å². The van der Waals surface area contributed by atoms with Crippen LogP contribution in [0.15, 0.2) is 60.8 Å². The lowest BCUT2D eigenvalue weighted by Gasteiger charge is -2.06. The van der Waals surface area contributed by atoms with Crippen molar-refractivity contribution in [2.75, 3.05) is 0 Å². The summed E-state index contributed by atoms with van der Waals surface area (Å²) in [5.41, 5.74) is 2.92. The van der Waals surface area contributed by atoms with Crippen molar-refractivity contribution < 1.29 is 8.78 Å². The number of halogens is 2. The minimum Gasteiger partial charge on any atom is -0.337 e. The van der Waals surface area contributed by atoms with E-state index in [1.807, 2.05) is 22.9 Å². The average molecular weight is 346 g/mol. The standard InChI is InChI=1S/C20H12F2N4/c21-14-3-6-16(7-4-14)26-9-1-2-17(26)10-13(12-23)20-24-18-8-5-15(22)11-19(18)25-20/h1-11H,(H,24,25)/b13-10-. The highest BCUT2D eigenvalue weighted by atomic mass is 19.1. The molecule has 0 saturated heterocycles. The highest BCUT2D eigenvalue weighted by Crippen LogP contribution is 2.22. The second-order valence-electron chi connectivity index (χ2n) is 5.70. The van der Waals surface area contributed by atoms with E-state index in [9.17, 15) is 14.0 Å². The summed E-state index contributed by atoms with van der Waals surface area (Å²) in [6.07, 6.45) is 3.50. The molecule has 2 aromatic carbocycles. The van der Waals surface area contributed by atoms with Crippen LogP contribution in [-0.2, 0) is 0 Å². The van der Waals surface area contributed by atoms with Gasteiger partial charge in [-0.3, -0.25) is 0 Å². The van der Waals surface area contributed by atoms with E-state index in [-0.39, 0.29) is 11.6 Å². The van der Waals surface area contributed by atoms with Crippen LogP contribution in [0, 0.1) is 23.0 Å². The lowest BCUT2D eigenvalue weighted by atomic mass is 10.2. The highest BCUT2D eigenvalue weighted by Gasteiger charge is 2.10. The van der Waals surface area contributed by atoms with Crippen LogP contribution in [-0.4, -0.2) is 14.5 Å². The quantitative estimate of drug-likeness (QED) is 0.547. The Morgan fingerprint density at radius 1 is 1.08 bits per heavy atom. The van der Waals surface area contributed by atoms with Crippen LogP contribution in [0.25, 0.3) is 28.4 Å². The Balaban J connectivity index is 1.77. The van der Waals surface area contributed by atoms with E-state index in [2.05, 4.69) is 16.0 Å². The number of hydrogen-bond donors (Lipinski definition) is 1. The Morgan fingerprint density at radius 2 is 1.85 bits per heavy atom. The summed E-state index contributed by atoms with van der Waals surface area (Å²) in [5.74, 6) is -0.328. The van der Waals surface area contributed by atoms with Crippen LogP contribution < -0.4 is 0 Å². The third kappa shape index (κ3) is 2.87. The highest BCUT2D eigenvalue weighted by molar-refractivity contribution is 5.90. The van der Waals surface area contributed by atoms with Crippen LogP contribution in [0.5, 0.6) is 0 Å². The minimum atomic E-state index is -0.375. The maximum absolute atomic E-state index is 13.3. The van der Waals surface area contributed by atoms with Gasteiger partial charge in [-0.2, -0.15) is 5.26 Å². The van der Waals surface area contributed by atoms with Gasteiger partial charge in [-0.25, -0.2) is 13.8 Å². The minimum absolute atomic E-state index is 0.309. The molecule has 2 heterocycles. The zero-order valence-corrected chi connectivity index (χ0v) is 13.4. The second-order valence-corrected chi connectivity index (χ2v) is 5.70. The van der Waals surface area contributed by atoms with Crippen LogP contribution in [0.4, 0.5) is 8.78 Å². The first-order valence-electron chi connectivity index (χ1n) is 7.85. The molecule has 0 bridgehead atoms. The van der Waals surface area contributed by atoms with Crippen molar-refractivity contribution in [2.24, 2.45) is 0 Å². The van der Waals surface area contributed by atoms with E-state index in [1.54, 1.807) is 24.3 Å². The molecule has 0 amide bonds. The van der Waals surface area contributed by atoms with Crippen molar-refractivity contribution in [3.63, 3.8) is 0 Å². The molecule has 26 heavy (non-hydrogen) atoms. The Hall–Kier alpha value is -3.72. The lowest BCUT2D eigenvalue weighted by Crippen LogP contribution is -1.95. The van der Waals surface area contributed by atoms with E-state index >= 15 is 0 Å². The van der Waals surface area contributed by atoms with Gasteiger partial charge in [0.2, 0.25) is 0 Å². The van der Waals surface area contributed by atoms with E-state index in [0.717, 1.165) is 11.4 Å². The molecule has 6 heteroatoms. The summed E-state index contributed by atoms with van der Waals surface area (Å²) >= 11 is 0. The molecule has 126 valence electrons. The van der Waals surface area contributed by atoms with Crippen molar-refractivity contribution in [3.05, 3.63) is 83.9 Å². The topological polar surface area (TPSA) is 57.4 Å².